The van der Waals surface area contributed by atoms with Gasteiger partial charge in [0.05, 0.1) is 12.2 Å². The Morgan fingerprint density at radius 2 is 2.04 bits per heavy atom. The molecule has 0 radical (unpaired) electrons. The molecule has 3 heterocycles. The molecule has 0 aliphatic heterocycles. The minimum atomic E-state index is 0.657. The summed E-state index contributed by atoms with van der Waals surface area (Å²) in [5.41, 5.74) is 3.40. The first kappa shape index (κ1) is 15.2. The van der Waals surface area contributed by atoms with E-state index in [0.29, 0.717) is 12.0 Å². The molecular formula is C21H25N3O. The molecule has 5 rings (SSSR count). The van der Waals surface area contributed by atoms with E-state index in [1.54, 1.807) is 0 Å². The summed E-state index contributed by atoms with van der Waals surface area (Å²) in [6.45, 7) is 6.20. The van der Waals surface area contributed by atoms with Gasteiger partial charge in [-0.05, 0) is 56.4 Å². The average molecular weight is 335 g/mol. The zero-order chi connectivity index (χ0) is 17.0. The third-order valence-electron chi connectivity index (χ3n) is 5.69. The van der Waals surface area contributed by atoms with E-state index in [0.717, 1.165) is 36.1 Å². The number of imidazole rings is 1. The standard InChI is InChI=1S/C21H25N3O/c1-14-10-19(14)20-9-8-18(25-20)13-23(17-6-7-17)11-16-12-24-15(2)4-3-5-21(24)22-16/h3-5,8-9,12,14,17,19H,6-7,10-11,13H2,1-2H3. The summed E-state index contributed by atoms with van der Waals surface area (Å²) in [6, 6.07) is 11.3. The molecule has 2 aliphatic carbocycles. The summed E-state index contributed by atoms with van der Waals surface area (Å²) in [5, 5.41) is 0. The quantitative estimate of drug-likeness (QED) is 0.664. The molecule has 4 nitrogen and oxygen atoms in total. The number of furan rings is 1. The van der Waals surface area contributed by atoms with Gasteiger partial charge in [0.2, 0.25) is 0 Å². The highest BCUT2D eigenvalue weighted by Crippen LogP contribution is 2.47. The molecule has 2 saturated carbocycles. The van der Waals surface area contributed by atoms with Crippen molar-refractivity contribution in [3.05, 3.63) is 59.4 Å². The number of rotatable bonds is 6. The van der Waals surface area contributed by atoms with Crippen LogP contribution in [0.5, 0.6) is 0 Å². The molecule has 0 bridgehead atoms. The first-order chi connectivity index (χ1) is 12.2. The lowest BCUT2D eigenvalue weighted by atomic mass is 10.3. The first-order valence-corrected chi connectivity index (χ1v) is 9.43. The number of hydrogen-bond acceptors (Lipinski definition) is 3. The highest BCUT2D eigenvalue weighted by Gasteiger charge is 2.37. The molecule has 0 saturated heterocycles. The number of pyridine rings is 1. The van der Waals surface area contributed by atoms with Crippen molar-refractivity contribution in [1.29, 1.82) is 0 Å². The summed E-state index contributed by atoms with van der Waals surface area (Å²) in [5.74, 6) is 3.73. The van der Waals surface area contributed by atoms with Gasteiger partial charge in [0.15, 0.2) is 0 Å². The smallest absolute Gasteiger partial charge is 0.137 e. The van der Waals surface area contributed by atoms with Crippen molar-refractivity contribution < 1.29 is 4.42 Å². The van der Waals surface area contributed by atoms with Crippen molar-refractivity contribution >= 4 is 5.65 Å². The zero-order valence-electron chi connectivity index (χ0n) is 15.0. The van der Waals surface area contributed by atoms with Crippen molar-refractivity contribution in [1.82, 2.24) is 14.3 Å². The molecule has 0 aromatic carbocycles. The Morgan fingerprint density at radius 3 is 2.76 bits per heavy atom. The molecule has 2 unspecified atom stereocenters. The molecule has 130 valence electrons. The van der Waals surface area contributed by atoms with Crippen molar-refractivity contribution in [3.8, 4) is 0 Å². The molecule has 0 spiro atoms. The van der Waals surface area contributed by atoms with Crippen LogP contribution in [-0.4, -0.2) is 20.3 Å². The van der Waals surface area contributed by atoms with E-state index in [1.165, 1.54) is 30.7 Å². The molecule has 3 aromatic heterocycles. The van der Waals surface area contributed by atoms with E-state index < -0.39 is 0 Å². The minimum Gasteiger partial charge on any atom is -0.464 e. The Hall–Kier alpha value is -2.07. The monoisotopic (exact) mass is 335 g/mol. The maximum atomic E-state index is 6.13. The number of aryl methyl sites for hydroxylation is 1. The lowest BCUT2D eigenvalue weighted by Crippen LogP contribution is -2.25. The Morgan fingerprint density at radius 1 is 1.20 bits per heavy atom. The van der Waals surface area contributed by atoms with Crippen molar-refractivity contribution in [2.24, 2.45) is 5.92 Å². The number of aromatic nitrogens is 2. The third kappa shape index (κ3) is 2.99. The molecule has 4 heteroatoms. The van der Waals surface area contributed by atoms with Crippen LogP contribution in [0.25, 0.3) is 5.65 Å². The summed E-state index contributed by atoms with van der Waals surface area (Å²) < 4.78 is 8.32. The summed E-state index contributed by atoms with van der Waals surface area (Å²) >= 11 is 0. The second-order valence-electron chi connectivity index (χ2n) is 7.89. The van der Waals surface area contributed by atoms with Gasteiger partial charge in [-0.15, -0.1) is 0 Å². The van der Waals surface area contributed by atoms with Gasteiger partial charge < -0.3 is 8.82 Å². The van der Waals surface area contributed by atoms with Gasteiger partial charge in [-0.25, -0.2) is 4.98 Å². The van der Waals surface area contributed by atoms with Crippen LogP contribution in [0, 0.1) is 12.8 Å². The van der Waals surface area contributed by atoms with E-state index in [4.69, 9.17) is 9.40 Å². The van der Waals surface area contributed by atoms with Crippen LogP contribution in [0.1, 0.15) is 55.0 Å². The lowest BCUT2D eigenvalue weighted by Gasteiger charge is -2.19. The second-order valence-corrected chi connectivity index (χ2v) is 7.89. The van der Waals surface area contributed by atoms with E-state index in [-0.39, 0.29) is 0 Å². The SMILES string of the molecule is Cc1cccc2nc(CN(Cc3ccc(C4CC4C)o3)C3CC3)cn12. The summed E-state index contributed by atoms with van der Waals surface area (Å²) in [6.07, 6.45) is 6.04. The van der Waals surface area contributed by atoms with Gasteiger partial charge in [-0.3, -0.25) is 4.90 Å². The van der Waals surface area contributed by atoms with Crippen LogP contribution in [0.3, 0.4) is 0 Å². The zero-order valence-corrected chi connectivity index (χ0v) is 15.0. The number of fused-ring (bicyclic) bond motifs is 1. The van der Waals surface area contributed by atoms with Crippen LogP contribution in [-0.2, 0) is 13.1 Å². The first-order valence-electron chi connectivity index (χ1n) is 9.43. The fourth-order valence-corrected chi connectivity index (χ4v) is 3.83. The van der Waals surface area contributed by atoms with Gasteiger partial charge >= 0.3 is 0 Å². The Bertz CT molecular complexity index is 905. The molecule has 2 aliphatic rings. The van der Waals surface area contributed by atoms with Crippen LogP contribution >= 0.6 is 0 Å². The Labute approximate surface area is 148 Å². The molecule has 2 atom stereocenters. The van der Waals surface area contributed by atoms with E-state index >= 15 is 0 Å². The minimum absolute atomic E-state index is 0.657. The van der Waals surface area contributed by atoms with Gasteiger partial charge in [0, 0.05) is 30.4 Å². The van der Waals surface area contributed by atoms with Crippen molar-refractivity contribution in [3.63, 3.8) is 0 Å². The summed E-state index contributed by atoms with van der Waals surface area (Å²) in [4.78, 5) is 7.33. The van der Waals surface area contributed by atoms with Gasteiger partial charge in [-0.2, -0.15) is 0 Å². The van der Waals surface area contributed by atoms with Gasteiger partial charge in [-0.1, -0.05) is 13.0 Å². The van der Waals surface area contributed by atoms with E-state index in [2.05, 4.69) is 59.7 Å². The van der Waals surface area contributed by atoms with Crippen molar-refractivity contribution in [2.45, 2.75) is 58.2 Å². The third-order valence-corrected chi connectivity index (χ3v) is 5.69. The molecule has 0 N–H and O–H groups in total. The molecular weight excluding hydrogens is 310 g/mol. The number of nitrogens with zero attached hydrogens (tertiary/aromatic N) is 3. The van der Waals surface area contributed by atoms with Crippen LogP contribution in [0.15, 0.2) is 40.9 Å². The molecule has 2 fully saturated rings. The van der Waals surface area contributed by atoms with Gasteiger partial charge in [0.25, 0.3) is 0 Å². The van der Waals surface area contributed by atoms with Crippen LogP contribution in [0.4, 0.5) is 0 Å². The normalized spacial score (nSPS) is 22.8. The second kappa shape index (κ2) is 5.73. The molecule has 3 aromatic rings. The van der Waals surface area contributed by atoms with E-state index in [1.807, 2.05) is 0 Å². The van der Waals surface area contributed by atoms with Crippen molar-refractivity contribution in [2.75, 3.05) is 0 Å². The lowest BCUT2D eigenvalue weighted by molar-refractivity contribution is 0.221. The average Bonchev–Trinajstić information content (AvgIpc) is 3.47. The predicted molar refractivity (Wildman–Crippen MR) is 97.4 cm³/mol. The van der Waals surface area contributed by atoms with Crippen LogP contribution < -0.4 is 0 Å². The predicted octanol–water partition coefficient (Wildman–Crippen LogP) is 4.52. The highest BCUT2D eigenvalue weighted by atomic mass is 16.3. The largest absolute Gasteiger partial charge is 0.464 e. The fourth-order valence-electron chi connectivity index (χ4n) is 3.83. The molecule has 0 amide bonds. The summed E-state index contributed by atoms with van der Waals surface area (Å²) in [7, 11) is 0. The number of hydrogen-bond donors (Lipinski definition) is 0. The molecule has 25 heavy (non-hydrogen) atoms. The highest BCUT2D eigenvalue weighted by molar-refractivity contribution is 5.41. The fraction of sp³-hybridized carbons (Fsp3) is 0.476. The maximum absolute atomic E-state index is 6.13. The van der Waals surface area contributed by atoms with E-state index in [9.17, 15) is 0 Å². The topological polar surface area (TPSA) is 33.7 Å². The Balaban J connectivity index is 1.34. The van der Waals surface area contributed by atoms with Crippen LogP contribution in [0.2, 0.25) is 0 Å². The maximum Gasteiger partial charge on any atom is 0.137 e. The van der Waals surface area contributed by atoms with Gasteiger partial charge in [0.1, 0.15) is 17.2 Å². The Kier molecular flexibility index (Phi) is 3.49.